The SMILES string of the molecule is COc1cccc(-c2nc3ccc(S(=O)(=O)Nc4c(C)n(C)n(-c5ccccc5)c4=O)cc3[nH]2)c1. The molecule has 178 valence electrons. The second kappa shape index (κ2) is 8.48. The second-order valence-electron chi connectivity index (χ2n) is 8.04. The fourth-order valence-electron chi connectivity index (χ4n) is 3.94. The van der Waals surface area contributed by atoms with E-state index in [2.05, 4.69) is 14.7 Å². The number of imidazole rings is 1. The number of rotatable bonds is 6. The van der Waals surface area contributed by atoms with Gasteiger partial charge in [-0.25, -0.2) is 18.1 Å². The highest BCUT2D eigenvalue weighted by Gasteiger charge is 2.23. The molecule has 2 heterocycles. The molecule has 0 aliphatic carbocycles. The van der Waals surface area contributed by atoms with Crippen LogP contribution in [0.1, 0.15) is 5.69 Å². The number of sulfonamides is 1. The highest BCUT2D eigenvalue weighted by Crippen LogP contribution is 2.26. The van der Waals surface area contributed by atoms with Gasteiger partial charge < -0.3 is 9.72 Å². The summed E-state index contributed by atoms with van der Waals surface area (Å²) in [5.74, 6) is 1.28. The number of para-hydroxylation sites is 1. The van der Waals surface area contributed by atoms with Gasteiger partial charge in [-0.05, 0) is 49.4 Å². The van der Waals surface area contributed by atoms with Crippen LogP contribution >= 0.6 is 0 Å². The van der Waals surface area contributed by atoms with Gasteiger partial charge in [0.1, 0.15) is 17.3 Å². The largest absolute Gasteiger partial charge is 0.497 e. The van der Waals surface area contributed by atoms with E-state index in [9.17, 15) is 13.2 Å². The molecule has 5 aromatic rings. The molecule has 2 N–H and O–H groups in total. The van der Waals surface area contributed by atoms with Crippen LogP contribution in [0, 0.1) is 6.92 Å². The Hall–Kier alpha value is -4.31. The molecule has 3 aromatic carbocycles. The van der Waals surface area contributed by atoms with E-state index in [0.29, 0.717) is 34.0 Å². The van der Waals surface area contributed by atoms with Crippen LogP contribution < -0.4 is 15.0 Å². The molecule has 5 rings (SSSR count). The maximum atomic E-state index is 13.2. The Labute approximate surface area is 201 Å². The molecule has 35 heavy (non-hydrogen) atoms. The van der Waals surface area contributed by atoms with Crippen molar-refractivity contribution in [2.24, 2.45) is 7.05 Å². The summed E-state index contributed by atoms with van der Waals surface area (Å²) in [5, 5.41) is 0. The van der Waals surface area contributed by atoms with Crippen LogP contribution in [0.5, 0.6) is 5.75 Å². The number of hydrogen-bond acceptors (Lipinski definition) is 5. The smallest absolute Gasteiger partial charge is 0.296 e. The van der Waals surface area contributed by atoms with Crippen molar-refractivity contribution in [2.45, 2.75) is 11.8 Å². The van der Waals surface area contributed by atoms with Gasteiger partial charge in [-0.15, -0.1) is 0 Å². The summed E-state index contributed by atoms with van der Waals surface area (Å²) in [7, 11) is -0.751. The Kier molecular flexibility index (Phi) is 5.45. The zero-order chi connectivity index (χ0) is 24.7. The minimum Gasteiger partial charge on any atom is -0.497 e. The highest BCUT2D eigenvalue weighted by atomic mass is 32.2. The summed E-state index contributed by atoms with van der Waals surface area (Å²) in [4.78, 5) is 20.9. The molecule has 0 aliphatic rings. The molecular formula is C25H23N5O4S. The lowest BCUT2D eigenvalue weighted by atomic mass is 10.2. The van der Waals surface area contributed by atoms with Crippen LogP contribution in [0.2, 0.25) is 0 Å². The zero-order valence-electron chi connectivity index (χ0n) is 19.3. The molecule has 0 saturated carbocycles. The van der Waals surface area contributed by atoms with Crippen LogP contribution in [-0.4, -0.2) is 34.9 Å². The van der Waals surface area contributed by atoms with E-state index < -0.39 is 15.6 Å². The number of nitrogens with one attached hydrogen (secondary N) is 2. The van der Waals surface area contributed by atoms with Crippen LogP contribution in [-0.2, 0) is 17.1 Å². The average molecular weight is 490 g/mol. The van der Waals surface area contributed by atoms with Gasteiger partial charge in [0.25, 0.3) is 15.6 Å². The Balaban J connectivity index is 1.51. The van der Waals surface area contributed by atoms with Gasteiger partial charge in [0.2, 0.25) is 0 Å². The first-order valence-corrected chi connectivity index (χ1v) is 12.3. The number of anilines is 1. The van der Waals surface area contributed by atoms with E-state index in [4.69, 9.17) is 4.74 Å². The molecular weight excluding hydrogens is 466 g/mol. The lowest BCUT2D eigenvalue weighted by molar-refractivity contribution is 0.415. The minimum absolute atomic E-state index is 0.00173. The van der Waals surface area contributed by atoms with E-state index >= 15 is 0 Å². The number of hydrogen-bond donors (Lipinski definition) is 2. The van der Waals surface area contributed by atoms with Gasteiger partial charge in [0.05, 0.1) is 34.4 Å². The fourth-order valence-corrected chi connectivity index (χ4v) is 5.08. The number of fused-ring (bicyclic) bond motifs is 1. The van der Waals surface area contributed by atoms with Gasteiger partial charge >= 0.3 is 0 Å². The molecule has 0 saturated heterocycles. The molecule has 0 radical (unpaired) electrons. The number of benzene rings is 3. The van der Waals surface area contributed by atoms with E-state index in [0.717, 1.165) is 5.56 Å². The van der Waals surface area contributed by atoms with Crippen molar-refractivity contribution in [3.05, 3.63) is 88.8 Å². The van der Waals surface area contributed by atoms with Crippen molar-refractivity contribution in [3.63, 3.8) is 0 Å². The van der Waals surface area contributed by atoms with Crippen LogP contribution in [0.15, 0.2) is 82.5 Å². The van der Waals surface area contributed by atoms with Crippen molar-refractivity contribution >= 4 is 26.7 Å². The summed E-state index contributed by atoms with van der Waals surface area (Å²) in [6, 6.07) is 21.0. The first-order valence-electron chi connectivity index (χ1n) is 10.8. The van der Waals surface area contributed by atoms with E-state index in [-0.39, 0.29) is 10.6 Å². The monoisotopic (exact) mass is 489 g/mol. The zero-order valence-corrected chi connectivity index (χ0v) is 20.1. The molecule has 10 heteroatoms. The van der Waals surface area contributed by atoms with Crippen molar-refractivity contribution in [3.8, 4) is 22.8 Å². The summed E-state index contributed by atoms with van der Waals surface area (Å²) in [6.45, 7) is 1.69. The first-order chi connectivity index (χ1) is 16.8. The Morgan fingerprint density at radius 1 is 1.00 bits per heavy atom. The standard InChI is InChI=1S/C25H23N5O4S/c1-16-23(25(31)30(29(16)2)18-9-5-4-6-10-18)28-35(32,33)20-12-13-21-22(15-20)27-24(26-21)17-8-7-11-19(14-17)34-3/h4-15,28H,1-3H3,(H,26,27). The Bertz CT molecular complexity index is 1720. The van der Waals surface area contributed by atoms with Crippen LogP contribution in [0.3, 0.4) is 0 Å². The van der Waals surface area contributed by atoms with Crippen molar-refractivity contribution in [1.82, 2.24) is 19.3 Å². The number of ether oxygens (including phenoxy) is 1. The fraction of sp³-hybridized carbons (Fsp3) is 0.120. The second-order valence-corrected chi connectivity index (χ2v) is 9.72. The number of methoxy groups -OCH3 is 1. The highest BCUT2D eigenvalue weighted by molar-refractivity contribution is 7.92. The third-order valence-electron chi connectivity index (χ3n) is 5.90. The van der Waals surface area contributed by atoms with E-state index in [1.165, 1.54) is 16.8 Å². The Morgan fingerprint density at radius 3 is 2.51 bits per heavy atom. The summed E-state index contributed by atoms with van der Waals surface area (Å²) >= 11 is 0. The molecule has 0 fully saturated rings. The number of H-pyrrole nitrogens is 1. The molecule has 0 spiro atoms. The van der Waals surface area contributed by atoms with Crippen molar-refractivity contribution < 1.29 is 13.2 Å². The summed E-state index contributed by atoms with van der Waals surface area (Å²) < 4.78 is 37.3. The normalized spacial score (nSPS) is 11.6. The van der Waals surface area contributed by atoms with Gasteiger partial charge in [0.15, 0.2) is 0 Å². The van der Waals surface area contributed by atoms with Crippen molar-refractivity contribution in [1.29, 1.82) is 0 Å². The van der Waals surface area contributed by atoms with E-state index in [1.54, 1.807) is 44.0 Å². The minimum atomic E-state index is -4.05. The molecule has 9 nitrogen and oxygen atoms in total. The third kappa shape index (κ3) is 3.97. The average Bonchev–Trinajstić information content (AvgIpc) is 3.39. The molecule has 0 aliphatic heterocycles. The summed E-state index contributed by atoms with van der Waals surface area (Å²) in [5.41, 5.74) is 2.65. The molecule has 0 unspecified atom stereocenters. The number of nitrogens with zero attached hydrogens (tertiary/aromatic N) is 3. The maximum absolute atomic E-state index is 13.2. The summed E-state index contributed by atoms with van der Waals surface area (Å²) in [6.07, 6.45) is 0. The lowest BCUT2D eigenvalue weighted by Crippen LogP contribution is -2.23. The molecule has 0 atom stereocenters. The van der Waals surface area contributed by atoms with Gasteiger partial charge in [-0.3, -0.25) is 14.2 Å². The number of aromatic nitrogens is 4. The molecule has 2 aromatic heterocycles. The first kappa shape index (κ1) is 22.5. The van der Waals surface area contributed by atoms with Gasteiger partial charge in [0, 0.05) is 12.6 Å². The van der Waals surface area contributed by atoms with Gasteiger partial charge in [-0.1, -0.05) is 30.3 Å². The Morgan fingerprint density at radius 2 is 1.77 bits per heavy atom. The third-order valence-corrected chi connectivity index (χ3v) is 7.24. The maximum Gasteiger partial charge on any atom is 0.296 e. The lowest BCUT2D eigenvalue weighted by Gasteiger charge is -2.07. The van der Waals surface area contributed by atoms with Crippen molar-refractivity contribution in [2.75, 3.05) is 11.8 Å². The van der Waals surface area contributed by atoms with Gasteiger partial charge in [-0.2, -0.15) is 0 Å². The molecule has 0 bridgehead atoms. The van der Waals surface area contributed by atoms with E-state index in [1.807, 2.05) is 42.5 Å². The quantitative estimate of drug-likeness (QED) is 0.377. The number of aromatic amines is 1. The predicted octanol–water partition coefficient (Wildman–Crippen LogP) is 3.84. The topological polar surface area (TPSA) is 111 Å². The predicted molar refractivity (Wildman–Crippen MR) is 135 cm³/mol. The van der Waals surface area contributed by atoms with Crippen LogP contribution in [0.25, 0.3) is 28.1 Å². The van der Waals surface area contributed by atoms with Crippen LogP contribution in [0.4, 0.5) is 5.69 Å². The molecule has 0 amide bonds.